The molecule has 18 heavy (non-hydrogen) atoms. The van der Waals surface area contributed by atoms with Crippen molar-refractivity contribution < 1.29 is 13.2 Å². The monoisotopic (exact) mass is 260 g/mol. The van der Waals surface area contributed by atoms with Crippen molar-refractivity contribution in [2.75, 3.05) is 24.3 Å². The van der Waals surface area contributed by atoms with Crippen molar-refractivity contribution in [1.29, 1.82) is 0 Å². The third-order valence-corrected chi connectivity index (χ3v) is 3.21. The zero-order valence-corrected chi connectivity index (χ0v) is 10.3. The van der Waals surface area contributed by atoms with Crippen LogP contribution in [0.3, 0.4) is 0 Å². The van der Waals surface area contributed by atoms with Gasteiger partial charge in [0.05, 0.1) is 0 Å². The number of hydrogen-bond donors (Lipinski definition) is 1. The van der Waals surface area contributed by atoms with Crippen LogP contribution in [-0.4, -0.2) is 30.1 Å². The molecule has 0 spiro atoms. The number of rotatable bonds is 3. The van der Waals surface area contributed by atoms with Crippen LogP contribution in [0.4, 0.5) is 24.9 Å². The van der Waals surface area contributed by atoms with Crippen molar-refractivity contribution in [2.24, 2.45) is 0 Å². The minimum atomic E-state index is -4.45. The molecule has 1 aliphatic rings. The Hall–Kier alpha value is -1.53. The molecule has 1 heterocycles. The van der Waals surface area contributed by atoms with Crippen molar-refractivity contribution in [3.05, 3.63) is 11.8 Å². The average molecular weight is 260 g/mol. The van der Waals surface area contributed by atoms with Crippen molar-refractivity contribution in [2.45, 2.75) is 31.5 Å². The molecule has 0 bridgehead atoms. The maximum Gasteiger partial charge on any atom is 0.433 e. The molecule has 0 radical (unpaired) electrons. The van der Waals surface area contributed by atoms with Crippen LogP contribution in [0.2, 0.25) is 0 Å². The quantitative estimate of drug-likeness (QED) is 0.906. The second kappa shape index (κ2) is 4.62. The first-order valence-corrected chi connectivity index (χ1v) is 5.78. The molecule has 1 fully saturated rings. The lowest BCUT2D eigenvalue weighted by Gasteiger charge is -2.35. The molecule has 0 saturated heterocycles. The van der Waals surface area contributed by atoms with E-state index in [1.54, 1.807) is 11.9 Å². The minimum absolute atomic E-state index is 0.00833. The van der Waals surface area contributed by atoms with Crippen LogP contribution in [0.5, 0.6) is 0 Å². The second-order valence-corrected chi connectivity index (χ2v) is 4.38. The number of nitrogens with one attached hydrogen (secondary N) is 1. The fourth-order valence-corrected chi connectivity index (χ4v) is 1.83. The molecular formula is C11H15F3N4. The summed E-state index contributed by atoms with van der Waals surface area (Å²) in [6.45, 7) is 0. The summed E-state index contributed by atoms with van der Waals surface area (Å²) < 4.78 is 38.1. The fraction of sp³-hybridized carbons (Fsp3) is 0.636. The van der Waals surface area contributed by atoms with Crippen LogP contribution in [-0.2, 0) is 6.18 Å². The summed E-state index contributed by atoms with van der Waals surface area (Å²) in [5, 5.41) is 2.56. The highest BCUT2D eigenvalue weighted by Crippen LogP contribution is 2.32. The van der Waals surface area contributed by atoms with Crippen LogP contribution >= 0.6 is 0 Å². The van der Waals surface area contributed by atoms with Gasteiger partial charge in [-0.1, -0.05) is 0 Å². The van der Waals surface area contributed by atoms with E-state index in [0.29, 0.717) is 5.82 Å². The van der Waals surface area contributed by atoms with Crippen LogP contribution in [0, 0.1) is 0 Å². The summed E-state index contributed by atoms with van der Waals surface area (Å²) in [6.07, 6.45) is -1.34. The summed E-state index contributed by atoms with van der Waals surface area (Å²) >= 11 is 0. The first-order valence-electron chi connectivity index (χ1n) is 5.78. The van der Waals surface area contributed by atoms with E-state index in [1.807, 2.05) is 0 Å². The lowest BCUT2D eigenvalue weighted by molar-refractivity contribution is -0.141. The topological polar surface area (TPSA) is 41.1 Å². The lowest BCUT2D eigenvalue weighted by atomic mass is 9.92. The van der Waals surface area contributed by atoms with Gasteiger partial charge < -0.3 is 10.2 Å². The van der Waals surface area contributed by atoms with Gasteiger partial charge in [-0.2, -0.15) is 18.2 Å². The SMILES string of the molecule is CNc1nc(N(C)C2CCC2)cc(C(F)(F)F)n1. The summed E-state index contributed by atoms with van der Waals surface area (Å²) in [4.78, 5) is 9.30. The van der Waals surface area contributed by atoms with E-state index in [2.05, 4.69) is 15.3 Å². The molecule has 0 atom stereocenters. The number of aromatic nitrogens is 2. The van der Waals surface area contributed by atoms with Gasteiger partial charge in [0.2, 0.25) is 5.95 Å². The van der Waals surface area contributed by atoms with Crippen LogP contribution in [0.15, 0.2) is 6.07 Å². The molecule has 0 unspecified atom stereocenters. The van der Waals surface area contributed by atoms with Gasteiger partial charge in [0, 0.05) is 26.2 Å². The lowest BCUT2D eigenvalue weighted by Crippen LogP contribution is -2.38. The Labute approximate surface area is 103 Å². The van der Waals surface area contributed by atoms with Crippen molar-refractivity contribution in [1.82, 2.24) is 9.97 Å². The Bertz CT molecular complexity index is 429. The molecule has 4 nitrogen and oxygen atoms in total. The van der Waals surface area contributed by atoms with E-state index < -0.39 is 11.9 Å². The van der Waals surface area contributed by atoms with E-state index in [4.69, 9.17) is 0 Å². The highest BCUT2D eigenvalue weighted by atomic mass is 19.4. The molecule has 1 aliphatic carbocycles. The zero-order valence-electron chi connectivity index (χ0n) is 10.3. The van der Waals surface area contributed by atoms with Crippen LogP contribution < -0.4 is 10.2 Å². The van der Waals surface area contributed by atoms with Gasteiger partial charge in [0.1, 0.15) is 5.82 Å². The summed E-state index contributed by atoms with van der Waals surface area (Å²) in [7, 11) is 3.27. The molecule has 0 aromatic carbocycles. The second-order valence-electron chi connectivity index (χ2n) is 4.38. The first kappa shape index (κ1) is 12.9. The van der Waals surface area contributed by atoms with Gasteiger partial charge in [0.15, 0.2) is 5.69 Å². The van der Waals surface area contributed by atoms with E-state index in [0.717, 1.165) is 25.3 Å². The molecule has 7 heteroatoms. The van der Waals surface area contributed by atoms with E-state index in [9.17, 15) is 13.2 Å². The maximum absolute atomic E-state index is 12.7. The van der Waals surface area contributed by atoms with Crippen molar-refractivity contribution >= 4 is 11.8 Å². The number of alkyl halides is 3. The van der Waals surface area contributed by atoms with Gasteiger partial charge in [-0.05, 0) is 19.3 Å². The standard InChI is InChI=1S/C11H15F3N4/c1-15-10-16-8(11(12,13)14)6-9(17-10)18(2)7-4-3-5-7/h6-7H,3-5H2,1-2H3,(H,15,16,17). The minimum Gasteiger partial charge on any atom is -0.357 e. The molecule has 0 aliphatic heterocycles. The molecule has 1 N–H and O–H groups in total. The van der Waals surface area contributed by atoms with Gasteiger partial charge in [-0.15, -0.1) is 0 Å². The normalized spacial score (nSPS) is 16.3. The molecule has 100 valence electrons. The van der Waals surface area contributed by atoms with Gasteiger partial charge in [-0.3, -0.25) is 0 Å². The van der Waals surface area contributed by atoms with Gasteiger partial charge >= 0.3 is 6.18 Å². The predicted octanol–water partition coefficient (Wildman–Crippen LogP) is 2.53. The van der Waals surface area contributed by atoms with Gasteiger partial charge in [-0.25, -0.2) is 4.98 Å². The Balaban J connectivity index is 2.34. The molecule has 2 rings (SSSR count). The molecule has 1 aromatic rings. The van der Waals surface area contributed by atoms with E-state index in [1.165, 1.54) is 7.05 Å². The summed E-state index contributed by atoms with van der Waals surface area (Å²) in [6, 6.07) is 1.28. The van der Waals surface area contributed by atoms with Crippen molar-refractivity contribution in [3.8, 4) is 0 Å². The maximum atomic E-state index is 12.7. The van der Waals surface area contributed by atoms with E-state index in [-0.39, 0.29) is 12.0 Å². The van der Waals surface area contributed by atoms with Crippen LogP contribution in [0.1, 0.15) is 25.0 Å². The van der Waals surface area contributed by atoms with Crippen LogP contribution in [0.25, 0.3) is 0 Å². The number of halogens is 3. The Kier molecular flexibility index (Phi) is 3.32. The number of hydrogen-bond acceptors (Lipinski definition) is 4. The third kappa shape index (κ3) is 2.49. The van der Waals surface area contributed by atoms with Crippen molar-refractivity contribution in [3.63, 3.8) is 0 Å². The molecule has 0 amide bonds. The Morgan fingerprint density at radius 3 is 2.44 bits per heavy atom. The molecular weight excluding hydrogens is 245 g/mol. The number of nitrogens with zero attached hydrogens (tertiary/aromatic N) is 3. The van der Waals surface area contributed by atoms with Gasteiger partial charge in [0.25, 0.3) is 0 Å². The molecule has 1 aromatic heterocycles. The third-order valence-electron chi connectivity index (χ3n) is 3.21. The highest BCUT2D eigenvalue weighted by Gasteiger charge is 2.34. The molecule has 1 saturated carbocycles. The zero-order chi connectivity index (χ0) is 13.3. The number of anilines is 2. The summed E-state index contributed by atoms with van der Waals surface area (Å²) in [5.74, 6) is 0.303. The fourth-order valence-electron chi connectivity index (χ4n) is 1.83. The predicted molar refractivity (Wildman–Crippen MR) is 62.6 cm³/mol. The first-order chi connectivity index (χ1) is 8.41. The smallest absolute Gasteiger partial charge is 0.357 e. The van der Waals surface area contributed by atoms with E-state index >= 15 is 0 Å². The Morgan fingerprint density at radius 2 is 2.00 bits per heavy atom. The summed E-state index contributed by atoms with van der Waals surface area (Å²) in [5.41, 5.74) is -0.914. The largest absolute Gasteiger partial charge is 0.433 e. The highest BCUT2D eigenvalue weighted by molar-refractivity contribution is 5.46. The average Bonchev–Trinajstić information content (AvgIpc) is 2.24. The Morgan fingerprint density at radius 1 is 1.33 bits per heavy atom.